The third-order valence-electron chi connectivity index (χ3n) is 4.11. The van der Waals surface area contributed by atoms with Crippen LogP contribution in [0, 0.1) is 5.92 Å². The van der Waals surface area contributed by atoms with E-state index >= 15 is 0 Å². The maximum atomic E-state index is 5.63. The largest absolute Gasteiger partial charge is 0.381 e. The van der Waals surface area contributed by atoms with Crippen molar-refractivity contribution in [3.8, 4) is 0 Å². The number of nitrogens with zero attached hydrogens (tertiary/aromatic N) is 1. The Morgan fingerprint density at radius 3 is 2.50 bits per heavy atom. The van der Waals surface area contributed by atoms with Crippen molar-refractivity contribution in [2.75, 3.05) is 20.7 Å². The van der Waals surface area contributed by atoms with E-state index in [2.05, 4.69) is 11.9 Å². The van der Waals surface area contributed by atoms with Gasteiger partial charge in [-0.3, -0.25) is 0 Å². The molecule has 2 rings (SSSR count). The Kier molecular flexibility index (Phi) is 3.45. The molecule has 0 saturated carbocycles. The van der Waals surface area contributed by atoms with Crippen LogP contribution in [0.5, 0.6) is 0 Å². The van der Waals surface area contributed by atoms with Crippen molar-refractivity contribution < 1.29 is 4.74 Å². The summed E-state index contributed by atoms with van der Waals surface area (Å²) in [6.45, 7) is 1.25. The van der Waals surface area contributed by atoms with Gasteiger partial charge >= 0.3 is 0 Å². The molecule has 2 aliphatic rings. The van der Waals surface area contributed by atoms with Crippen LogP contribution in [0.15, 0.2) is 0 Å². The molecule has 2 saturated heterocycles. The minimum Gasteiger partial charge on any atom is -0.381 e. The zero-order valence-corrected chi connectivity index (χ0v) is 9.54. The summed E-state index contributed by atoms with van der Waals surface area (Å²) in [5, 5.41) is 0. The number of rotatable bonds is 1. The van der Waals surface area contributed by atoms with E-state index in [1.54, 1.807) is 0 Å². The van der Waals surface area contributed by atoms with Crippen LogP contribution in [-0.2, 0) is 4.74 Å². The van der Waals surface area contributed by atoms with E-state index in [9.17, 15) is 0 Å². The second kappa shape index (κ2) is 4.63. The lowest BCUT2D eigenvalue weighted by molar-refractivity contribution is 0.0183. The van der Waals surface area contributed by atoms with E-state index < -0.39 is 0 Å². The van der Waals surface area contributed by atoms with Crippen LogP contribution in [-0.4, -0.2) is 37.7 Å². The normalized spacial score (nSPS) is 40.3. The smallest absolute Gasteiger partial charge is 0.0611 e. The monoisotopic (exact) mass is 197 g/mol. The van der Waals surface area contributed by atoms with Crippen molar-refractivity contribution in [2.45, 2.75) is 50.7 Å². The summed E-state index contributed by atoms with van der Waals surface area (Å²) in [6, 6.07) is 0.859. The molecule has 0 aliphatic carbocycles. The van der Waals surface area contributed by atoms with Crippen molar-refractivity contribution in [3.63, 3.8) is 0 Å². The molecule has 0 aromatic heterocycles. The van der Waals surface area contributed by atoms with Gasteiger partial charge in [0.2, 0.25) is 0 Å². The van der Waals surface area contributed by atoms with Crippen LogP contribution < -0.4 is 0 Å². The van der Waals surface area contributed by atoms with Gasteiger partial charge in [-0.05, 0) is 45.1 Å². The first-order valence-electron chi connectivity index (χ1n) is 6.04. The van der Waals surface area contributed by atoms with Crippen LogP contribution in [0.3, 0.4) is 0 Å². The summed E-state index contributed by atoms with van der Waals surface area (Å²) in [6.07, 6.45) is 8.72. The molecule has 0 amide bonds. The predicted octanol–water partition coefficient (Wildman–Crippen LogP) is 2.29. The van der Waals surface area contributed by atoms with Gasteiger partial charge in [0.05, 0.1) is 6.10 Å². The molecule has 2 heteroatoms. The fourth-order valence-electron chi connectivity index (χ4n) is 3.22. The molecule has 0 N–H and O–H groups in total. The highest BCUT2D eigenvalue weighted by atomic mass is 16.5. The molecule has 0 aromatic carbocycles. The van der Waals surface area contributed by atoms with Gasteiger partial charge in [0.1, 0.15) is 0 Å². The molecular weight excluding hydrogens is 174 g/mol. The highest BCUT2D eigenvalue weighted by Crippen LogP contribution is 2.31. The Hall–Kier alpha value is -0.0800. The second-order valence-corrected chi connectivity index (χ2v) is 4.99. The Balaban J connectivity index is 2.08. The summed E-state index contributed by atoms with van der Waals surface area (Å²) in [5.74, 6) is 0.787. The first-order valence-corrected chi connectivity index (χ1v) is 6.04. The fraction of sp³-hybridized carbons (Fsp3) is 1.00. The lowest BCUT2D eigenvalue weighted by Gasteiger charge is -2.34. The topological polar surface area (TPSA) is 12.5 Å². The van der Waals surface area contributed by atoms with Gasteiger partial charge in [-0.25, -0.2) is 0 Å². The second-order valence-electron chi connectivity index (χ2n) is 4.99. The molecule has 2 fully saturated rings. The first kappa shape index (κ1) is 10.4. The number of fused-ring (bicyclic) bond motifs is 3. The van der Waals surface area contributed by atoms with Gasteiger partial charge in [0.25, 0.3) is 0 Å². The number of methoxy groups -OCH3 is 1. The Morgan fingerprint density at radius 1 is 1.07 bits per heavy atom. The Labute approximate surface area is 87.6 Å². The number of hydrogen-bond acceptors (Lipinski definition) is 2. The van der Waals surface area contributed by atoms with Crippen LogP contribution in [0.2, 0.25) is 0 Å². The Bertz CT molecular complexity index is 183. The highest BCUT2D eigenvalue weighted by Gasteiger charge is 2.30. The molecular formula is C12H23NO. The van der Waals surface area contributed by atoms with Crippen molar-refractivity contribution in [1.29, 1.82) is 0 Å². The van der Waals surface area contributed by atoms with E-state index in [0.717, 1.165) is 12.0 Å². The lowest BCUT2D eigenvalue weighted by Crippen LogP contribution is -2.39. The summed E-state index contributed by atoms with van der Waals surface area (Å²) in [7, 11) is 4.18. The summed E-state index contributed by atoms with van der Waals surface area (Å²) >= 11 is 0. The summed E-state index contributed by atoms with van der Waals surface area (Å²) < 4.78 is 5.63. The first-order chi connectivity index (χ1) is 6.81. The van der Waals surface area contributed by atoms with Gasteiger partial charge in [0, 0.05) is 19.7 Å². The zero-order chi connectivity index (χ0) is 9.97. The molecule has 2 aliphatic heterocycles. The van der Waals surface area contributed by atoms with Crippen molar-refractivity contribution in [2.24, 2.45) is 5.92 Å². The molecule has 0 spiro atoms. The zero-order valence-electron chi connectivity index (χ0n) is 9.54. The van der Waals surface area contributed by atoms with E-state index in [4.69, 9.17) is 4.74 Å². The van der Waals surface area contributed by atoms with Gasteiger partial charge < -0.3 is 9.64 Å². The summed E-state index contributed by atoms with van der Waals surface area (Å²) in [4.78, 5) is 2.57. The molecule has 3 unspecified atom stereocenters. The van der Waals surface area contributed by atoms with Crippen LogP contribution in [0.4, 0.5) is 0 Å². The number of ether oxygens (including phenoxy) is 1. The standard InChI is InChI=1S/C12H23NO/c1-13-9-10-5-3-6-11(13)7-4-8-12(10)14-2/h10-12H,3-9H2,1-2H3. The molecule has 3 atom stereocenters. The lowest BCUT2D eigenvalue weighted by atomic mass is 9.93. The summed E-state index contributed by atoms with van der Waals surface area (Å²) in [5.41, 5.74) is 0. The van der Waals surface area contributed by atoms with E-state index in [1.165, 1.54) is 45.1 Å². The minimum absolute atomic E-state index is 0.525. The molecule has 0 radical (unpaired) electrons. The van der Waals surface area contributed by atoms with Gasteiger partial charge in [0.15, 0.2) is 0 Å². The Morgan fingerprint density at radius 2 is 1.79 bits per heavy atom. The van der Waals surface area contributed by atoms with Crippen molar-refractivity contribution in [3.05, 3.63) is 0 Å². The van der Waals surface area contributed by atoms with Crippen LogP contribution >= 0.6 is 0 Å². The number of hydrogen-bond donors (Lipinski definition) is 0. The molecule has 2 heterocycles. The van der Waals surface area contributed by atoms with E-state index in [0.29, 0.717) is 6.10 Å². The van der Waals surface area contributed by atoms with Gasteiger partial charge in [-0.2, -0.15) is 0 Å². The SMILES string of the molecule is COC1CCCC2CCCC1CN2C. The maximum Gasteiger partial charge on any atom is 0.0611 e. The van der Waals surface area contributed by atoms with Gasteiger partial charge in [-0.1, -0.05) is 6.42 Å². The van der Waals surface area contributed by atoms with Crippen molar-refractivity contribution >= 4 is 0 Å². The fourth-order valence-corrected chi connectivity index (χ4v) is 3.22. The van der Waals surface area contributed by atoms with Crippen molar-refractivity contribution in [1.82, 2.24) is 4.90 Å². The van der Waals surface area contributed by atoms with E-state index in [1.807, 2.05) is 7.11 Å². The third kappa shape index (κ3) is 2.12. The predicted molar refractivity (Wildman–Crippen MR) is 58.4 cm³/mol. The van der Waals surface area contributed by atoms with Crippen LogP contribution in [0.1, 0.15) is 38.5 Å². The minimum atomic E-state index is 0.525. The molecule has 82 valence electrons. The molecule has 0 aromatic rings. The van der Waals surface area contributed by atoms with E-state index in [-0.39, 0.29) is 0 Å². The molecule has 2 bridgehead atoms. The van der Waals surface area contributed by atoms with Gasteiger partial charge in [-0.15, -0.1) is 0 Å². The average Bonchev–Trinajstić information content (AvgIpc) is 2.30. The third-order valence-corrected chi connectivity index (χ3v) is 4.11. The van der Waals surface area contributed by atoms with Crippen LogP contribution in [0.25, 0.3) is 0 Å². The highest BCUT2D eigenvalue weighted by molar-refractivity contribution is 4.84. The maximum absolute atomic E-state index is 5.63. The molecule has 2 nitrogen and oxygen atoms in total. The quantitative estimate of drug-likeness (QED) is 0.639. The molecule has 14 heavy (non-hydrogen) atoms. The average molecular weight is 197 g/mol.